The highest BCUT2D eigenvalue weighted by Gasteiger charge is 2.15. The van der Waals surface area contributed by atoms with E-state index in [2.05, 4.69) is 25.3 Å². The maximum absolute atomic E-state index is 5.48. The Morgan fingerprint density at radius 3 is 2.71 bits per heavy atom. The molecule has 6 nitrogen and oxygen atoms in total. The smallest absolute Gasteiger partial charge is 0.223 e. The van der Waals surface area contributed by atoms with Crippen molar-refractivity contribution in [2.75, 3.05) is 5.32 Å². The lowest BCUT2D eigenvalue weighted by Crippen LogP contribution is -2.13. The molecule has 0 aliphatic heterocycles. The van der Waals surface area contributed by atoms with Gasteiger partial charge in [-0.25, -0.2) is 9.97 Å². The van der Waals surface area contributed by atoms with Crippen LogP contribution in [0.15, 0.2) is 47.6 Å². The highest BCUT2D eigenvalue weighted by Crippen LogP contribution is 2.29. The van der Waals surface area contributed by atoms with E-state index in [-0.39, 0.29) is 6.04 Å². The quantitative estimate of drug-likeness (QED) is 0.792. The zero-order valence-corrected chi connectivity index (χ0v) is 11.8. The highest BCUT2D eigenvalue weighted by atomic mass is 16.3. The van der Waals surface area contributed by atoms with E-state index < -0.39 is 0 Å². The number of hydrogen-bond acceptors (Lipinski definition) is 6. The van der Waals surface area contributed by atoms with E-state index in [1.54, 1.807) is 31.1 Å². The number of rotatable bonds is 4. The van der Waals surface area contributed by atoms with Crippen molar-refractivity contribution >= 4 is 5.95 Å². The molecule has 0 spiro atoms. The summed E-state index contributed by atoms with van der Waals surface area (Å²) < 4.78 is 5.48. The van der Waals surface area contributed by atoms with Crippen molar-refractivity contribution in [3.05, 3.63) is 43.2 Å². The van der Waals surface area contributed by atoms with Gasteiger partial charge in [0.2, 0.25) is 5.95 Å². The molecule has 3 aromatic heterocycles. The van der Waals surface area contributed by atoms with Crippen LogP contribution in [0.25, 0.3) is 22.7 Å². The van der Waals surface area contributed by atoms with E-state index >= 15 is 0 Å². The molecule has 3 rings (SSSR count). The van der Waals surface area contributed by atoms with Crippen LogP contribution in [0, 0.1) is 0 Å². The zero-order chi connectivity index (χ0) is 14.7. The molecule has 3 heterocycles. The number of aromatic nitrogens is 4. The first kappa shape index (κ1) is 13.2. The molecule has 0 aromatic carbocycles. The fourth-order valence-electron chi connectivity index (χ4n) is 1.94. The van der Waals surface area contributed by atoms with Gasteiger partial charge >= 0.3 is 0 Å². The lowest BCUT2D eigenvalue weighted by atomic mass is 10.1. The summed E-state index contributed by atoms with van der Waals surface area (Å²) in [7, 11) is 0. The van der Waals surface area contributed by atoms with E-state index in [1.807, 2.05) is 26.0 Å². The summed E-state index contributed by atoms with van der Waals surface area (Å²) in [4.78, 5) is 17.3. The van der Waals surface area contributed by atoms with E-state index in [4.69, 9.17) is 4.42 Å². The number of nitrogens with zero attached hydrogens (tertiary/aromatic N) is 4. The Balaban J connectivity index is 2.11. The van der Waals surface area contributed by atoms with Gasteiger partial charge in [0.1, 0.15) is 5.69 Å². The third-order valence-electron chi connectivity index (χ3n) is 2.80. The minimum atomic E-state index is 0.247. The van der Waals surface area contributed by atoms with Crippen LogP contribution in [0.4, 0.5) is 5.95 Å². The van der Waals surface area contributed by atoms with Gasteiger partial charge in [-0.15, -0.1) is 0 Å². The second kappa shape index (κ2) is 5.70. The minimum Gasteiger partial charge on any atom is -0.463 e. The van der Waals surface area contributed by atoms with Gasteiger partial charge in [0.05, 0.1) is 18.2 Å². The summed E-state index contributed by atoms with van der Waals surface area (Å²) in [6, 6.07) is 3.94. The Labute approximate surface area is 122 Å². The molecule has 0 amide bonds. The van der Waals surface area contributed by atoms with Crippen molar-refractivity contribution in [3.8, 4) is 22.7 Å². The van der Waals surface area contributed by atoms with Crippen LogP contribution in [-0.4, -0.2) is 26.0 Å². The molecule has 0 fully saturated rings. The maximum Gasteiger partial charge on any atom is 0.223 e. The molecule has 0 saturated heterocycles. The minimum absolute atomic E-state index is 0.247. The summed E-state index contributed by atoms with van der Waals surface area (Å²) in [6.45, 7) is 4.07. The standard InChI is InChI=1S/C15H15N5O/c1-10(2)19-15-18-8-11(12-9-16-5-6-17-12)14(20-15)13-4-3-7-21-13/h3-10H,1-2H3,(H,18,19,20). The molecule has 6 heteroatoms. The normalized spacial score (nSPS) is 10.8. The van der Waals surface area contributed by atoms with Gasteiger partial charge in [-0.1, -0.05) is 0 Å². The van der Waals surface area contributed by atoms with Crippen molar-refractivity contribution in [2.45, 2.75) is 19.9 Å². The van der Waals surface area contributed by atoms with Crippen LogP contribution >= 0.6 is 0 Å². The lowest BCUT2D eigenvalue weighted by molar-refractivity contribution is 0.580. The fourth-order valence-corrected chi connectivity index (χ4v) is 1.94. The molecule has 0 saturated carbocycles. The predicted molar refractivity (Wildman–Crippen MR) is 79.5 cm³/mol. The number of hydrogen-bond donors (Lipinski definition) is 1. The monoisotopic (exact) mass is 281 g/mol. The third-order valence-corrected chi connectivity index (χ3v) is 2.80. The number of furan rings is 1. The van der Waals surface area contributed by atoms with Gasteiger partial charge in [-0.05, 0) is 26.0 Å². The Morgan fingerprint density at radius 1 is 1.14 bits per heavy atom. The summed E-state index contributed by atoms with van der Waals surface area (Å²) in [6.07, 6.45) is 8.31. The first-order valence-corrected chi connectivity index (χ1v) is 6.68. The Hall–Kier alpha value is -2.76. The molecule has 0 atom stereocenters. The average molecular weight is 281 g/mol. The Bertz CT molecular complexity index is 710. The summed E-state index contributed by atoms with van der Waals surface area (Å²) in [5, 5.41) is 3.19. The van der Waals surface area contributed by atoms with Crippen molar-refractivity contribution < 1.29 is 4.42 Å². The molecule has 21 heavy (non-hydrogen) atoms. The van der Waals surface area contributed by atoms with Crippen LogP contribution in [0.3, 0.4) is 0 Å². The highest BCUT2D eigenvalue weighted by molar-refractivity contribution is 5.76. The molecular formula is C15H15N5O. The van der Waals surface area contributed by atoms with E-state index in [0.29, 0.717) is 23.1 Å². The predicted octanol–water partition coefficient (Wildman–Crippen LogP) is 3.01. The van der Waals surface area contributed by atoms with Gasteiger partial charge in [-0.3, -0.25) is 9.97 Å². The van der Waals surface area contributed by atoms with Crippen molar-refractivity contribution in [1.82, 2.24) is 19.9 Å². The van der Waals surface area contributed by atoms with Gasteiger partial charge in [0, 0.05) is 30.2 Å². The van der Waals surface area contributed by atoms with E-state index in [1.165, 1.54) is 0 Å². The van der Waals surface area contributed by atoms with Crippen LogP contribution in [0.2, 0.25) is 0 Å². The first-order valence-electron chi connectivity index (χ1n) is 6.68. The average Bonchev–Trinajstić information content (AvgIpc) is 3.01. The summed E-state index contributed by atoms with van der Waals surface area (Å²) in [5.74, 6) is 1.23. The molecule has 0 bridgehead atoms. The second-order valence-electron chi connectivity index (χ2n) is 4.82. The lowest BCUT2D eigenvalue weighted by Gasteiger charge is -2.11. The summed E-state index contributed by atoms with van der Waals surface area (Å²) in [5.41, 5.74) is 2.19. The van der Waals surface area contributed by atoms with Gasteiger partial charge in [0.25, 0.3) is 0 Å². The van der Waals surface area contributed by atoms with E-state index in [9.17, 15) is 0 Å². The molecule has 0 aliphatic rings. The molecule has 1 N–H and O–H groups in total. The largest absolute Gasteiger partial charge is 0.463 e. The van der Waals surface area contributed by atoms with E-state index in [0.717, 1.165) is 5.56 Å². The topological polar surface area (TPSA) is 76.7 Å². The van der Waals surface area contributed by atoms with Crippen molar-refractivity contribution in [2.24, 2.45) is 0 Å². The molecular weight excluding hydrogens is 266 g/mol. The van der Waals surface area contributed by atoms with Gasteiger partial charge in [-0.2, -0.15) is 0 Å². The second-order valence-corrected chi connectivity index (χ2v) is 4.82. The molecule has 3 aromatic rings. The first-order chi connectivity index (χ1) is 10.2. The fraction of sp³-hybridized carbons (Fsp3) is 0.200. The number of anilines is 1. The molecule has 106 valence electrons. The Morgan fingerprint density at radius 2 is 2.05 bits per heavy atom. The number of nitrogens with one attached hydrogen (secondary N) is 1. The SMILES string of the molecule is CC(C)Nc1ncc(-c2cnccn2)c(-c2ccco2)n1. The van der Waals surface area contributed by atoms with Crippen LogP contribution in [0.1, 0.15) is 13.8 Å². The molecule has 0 unspecified atom stereocenters. The van der Waals surface area contributed by atoms with Crippen LogP contribution in [-0.2, 0) is 0 Å². The van der Waals surface area contributed by atoms with Crippen LogP contribution < -0.4 is 5.32 Å². The maximum atomic E-state index is 5.48. The van der Waals surface area contributed by atoms with Gasteiger partial charge in [0.15, 0.2) is 5.76 Å². The molecule has 0 radical (unpaired) electrons. The van der Waals surface area contributed by atoms with Crippen molar-refractivity contribution in [1.29, 1.82) is 0 Å². The van der Waals surface area contributed by atoms with Crippen molar-refractivity contribution in [3.63, 3.8) is 0 Å². The molecule has 0 aliphatic carbocycles. The Kier molecular flexibility index (Phi) is 3.59. The summed E-state index contributed by atoms with van der Waals surface area (Å²) >= 11 is 0. The van der Waals surface area contributed by atoms with Crippen LogP contribution in [0.5, 0.6) is 0 Å². The third kappa shape index (κ3) is 2.89. The van der Waals surface area contributed by atoms with Gasteiger partial charge < -0.3 is 9.73 Å². The zero-order valence-electron chi connectivity index (χ0n) is 11.8.